The van der Waals surface area contributed by atoms with Crippen LogP contribution in [-0.2, 0) is 0 Å². The summed E-state index contributed by atoms with van der Waals surface area (Å²) in [6.07, 6.45) is 1.82. The van der Waals surface area contributed by atoms with Crippen LogP contribution in [0.1, 0.15) is 12.5 Å². The van der Waals surface area contributed by atoms with E-state index in [1.165, 1.54) is 11.1 Å². The first-order chi connectivity index (χ1) is 11.0. The van der Waals surface area contributed by atoms with Crippen LogP contribution in [0.2, 0.25) is 0 Å². The van der Waals surface area contributed by atoms with Gasteiger partial charge in [0.25, 0.3) is 5.69 Å². The first-order valence-corrected chi connectivity index (χ1v) is 7.05. The van der Waals surface area contributed by atoms with Crippen molar-refractivity contribution < 1.29 is 9.66 Å². The van der Waals surface area contributed by atoms with Crippen molar-refractivity contribution in [1.29, 1.82) is 0 Å². The predicted molar refractivity (Wildman–Crippen MR) is 90.7 cm³/mol. The summed E-state index contributed by atoms with van der Waals surface area (Å²) in [5.41, 5.74) is 3.04. The van der Waals surface area contributed by atoms with Crippen LogP contribution in [0, 0.1) is 10.1 Å². The maximum absolute atomic E-state index is 11.2. The fourth-order valence-electron chi connectivity index (χ4n) is 2.39. The highest BCUT2D eigenvalue weighted by Gasteiger charge is 2.14. The Labute approximate surface area is 134 Å². The van der Waals surface area contributed by atoms with E-state index < -0.39 is 4.92 Å². The molecule has 0 aliphatic rings. The second kappa shape index (κ2) is 6.93. The maximum Gasteiger partial charge on any atom is 0.270 e. The lowest BCUT2D eigenvalue weighted by molar-refractivity contribution is -0.384. The quantitative estimate of drug-likeness (QED) is 0.519. The van der Waals surface area contributed by atoms with Gasteiger partial charge in [-0.25, -0.2) is 5.84 Å². The molecule has 2 N–H and O–H groups in total. The van der Waals surface area contributed by atoms with Crippen LogP contribution >= 0.6 is 0 Å². The van der Waals surface area contributed by atoms with Gasteiger partial charge < -0.3 is 9.75 Å². The van der Waals surface area contributed by atoms with Crippen LogP contribution in [0.5, 0.6) is 5.75 Å². The molecule has 2 aromatic carbocycles. The van der Waals surface area contributed by atoms with Gasteiger partial charge in [-0.1, -0.05) is 18.2 Å². The molecule has 0 radical (unpaired) electrons. The molecule has 0 saturated carbocycles. The van der Waals surface area contributed by atoms with Gasteiger partial charge in [-0.2, -0.15) is 0 Å². The molecule has 0 atom stereocenters. The highest BCUT2D eigenvalue weighted by Crippen LogP contribution is 2.30. The molecule has 6 nitrogen and oxygen atoms in total. The number of hydrogen-bond acceptors (Lipinski definition) is 5. The van der Waals surface area contributed by atoms with Gasteiger partial charge in [0.2, 0.25) is 0 Å². The molecule has 0 saturated heterocycles. The molecular formula is C17H19N3O3. The SMILES string of the molecule is C/C=C(/c1cc(-c2ccc(OC)cc2)cc([N+](=O)[O-])c1)N(C)N. The van der Waals surface area contributed by atoms with Gasteiger partial charge in [-0.3, -0.25) is 10.1 Å². The molecule has 0 aliphatic heterocycles. The van der Waals surface area contributed by atoms with Crippen LogP contribution in [-0.4, -0.2) is 24.1 Å². The first-order valence-electron chi connectivity index (χ1n) is 7.05. The van der Waals surface area contributed by atoms with Gasteiger partial charge in [0.05, 0.1) is 17.7 Å². The molecule has 2 rings (SSSR count). The Bertz CT molecular complexity index is 737. The van der Waals surface area contributed by atoms with Crippen LogP contribution in [0.4, 0.5) is 5.69 Å². The Morgan fingerprint density at radius 1 is 1.22 bits per heavy atom. The van der Waals surface area contributed by atoms with Gasteiger partial charge in [-0.05, 0) is 36.2 Å². The van der Waals surface area contributed by atoms with Crippen LogP contribution < -0.4 is 10.6 Å². The van der Waals surface area contributed by atoms with E-state index in [9.17, 15) is 10.1 Å². The third-order valence-electron chi connectivity index (χ3n) is 3.50. The van der Waals surface area contributed by atoms with Gasteiger partial charge >= 0.3 is 0 Å². The molecule has 0 fully saturated rings. The smallest absolute Gasteiger partial charge is 0.270 e. The average molecular weight is 313 g/mol. The number of allylic oxidation sites excluding steroid dienone is 1. The topological polar surface area (TPSA) is 81.6 Å². The largest absolute Gasteiger partial charge is 0.497 e. The summed E-state index contributed by atoms with van der Waals surface area (Å²) < 4.78 is 5.14. The molecular weight excluding hydrogens is 294 g/mol. The van der Waals surface area contributed by atoms with Crippen molar-refractivity contribution in [2.45, 2.75) is 6.92 Å². The molecule has 23 heavy (non-hydrogen) atoms. The number of hydrazine groups is 1. The minimum absolute atomic E-state index is 0.0227. The lowest BCUT2D eigenvalue weighted by Crippen LogP contribution is -2.24. The molecule has 0 aliphatic carbocycles. The van der Waals surface area contributed by atoms with Gasteiger partial charge in [0.1, 0.15) is 5.75 Å². The zero-order valence-electron chi connectivity index (χ0n) is 13.3. The number of nitrogens with two attached hydrogens (primary N) is 1. The summed E-state index contributed by atoms with van der Waals surface area (Å²) in [4.78, 5) is 10.8. The Kier molecular flexibility index (Phi) is 4.98. The van der Waals surface area contributed by atoms with Crippen molar-refractivity contribution in [2.75, 3.05) is 14.2 Å². The minimum Gasteiger partial charge on any atom is -0.497 e. The number of nitro benzene ring substituents is 1. The number of methoxy groups -OCH3 is 1. The summed E-state index contributed by atoms with van der Waals surface area (Å²) >= 11 is 0. The average Bonchev–Trinajstić information content (AvgIpc) is 2.55. The third-order valence-corrected chi connectivity index (χ3v) is 3.50. The molecule has 0 unspecified atom stereocenters. The number of rotatable bonds is 5. The van der Waals surface area contributed by atoms with E-state index in [0.29, 0.717) is 11.3 Å². The maximum atomic E-state index is 11.2. The van der Waals surface area contributed by atoms with Crippen LogP contribution in [0.3, 0.4) is 0 Å². The van der Waals surface area contributed by atoms with E-state index in [4.69, 9.17) is 10.6 Å². The number of hydrogen-bond donors (Lipinski definition) is 1. The summed E-state index contributed by atoms with van der Waals surface area (Å²) in [6.45, 7) is 1.84. The normalized spacial score (nSPS) is 11.2. The second-order valence-corrected chi connectivity index (χ2v) is 5.04. The van der Waals surface area contributed by atoms with Crippen LogP contribution in [0.15, 0.2) is 48.5 Å². The van der Waals surface area contributed by atoms with E-state index in [0.717, 1.165) is 16.9 Å². The molecule has 120 valence electrons. The summed E-state index contributed by atoms with van der Waals surface area (Å²) in [5, 5.41) is 12.7. The summed E-state index contributed by atoms with van der Waals surface area (Å²) in [5.74, 6) is 6.54. The highest BCUT2D eigenvalue weighted by molar-refractivity contribution is 5.75. The zero-order valence-corrected chi connectivity index (χ0v) is 13.3. The third kappa shape index (κ3) is 3.67. The molecule has 0 bridgehead atoms. The molecule has 0 heterocycles. The summed E-state index contributed by atoms with van der Waals surface area (Å²) in [7, 11) is 3.29. The molecule has 2 aromatic rings. The predicted octanol–water partition coefficient (Wildman–Crippen LogP) is 3.44. The van der Waals surface area contributed by atoms with E-state index >= 15 is 0 Å². The lowest BCUT2D eigenvalue weighted by Gasteiger charge is -2.17. The van der Waals surface area contributed by atoms with Crippen molar-refractivity contribution in [3.05, 3.63) is 64.2 Å². The van der Waals surface area contributed by atoms with Gasteiger partial charge in [-0.15, -0.1) is 0 Å². The first kappa shape index (κ1) is 16.5. The molecule has 0 aromatic heterocycles. The minimum atomic E-state index is -0.402. The lowest BCUT2D eigenvalue weighted by atomic mass is 10.00. The fraction of sp³-hybridized carbons (Fsp3) is 0.176. The van der Waals surface area contributed by atoms with Crippen molar-refractivity contribution in [3.8, 4) is 16.9 Å². The second-order valence-electron chi connectivity index (χ2n) is 5.04. The van der Waals surface area contributed by atoms with Gasteiger partial charge in [0, 0.05) is 24.7 Å². The molecule has 0 amide bonds. The summed E-state index contributed by atoms with van der Waals surface area (Å²) in [6, 6.07) is 12.3. The monoisotopic (exact) mass is 313 g/mol. The standard InChI is InChI=1S/C17H19N3O3/c1-4-17(19(2)18)14-9-13(10-15(11-14)20(21)22)12-5-7-16(23-3)8-6-12/h4-11H,18H2,1-3H3/b17-4-. The number of nitro groups is 1. The Balaban J connectivity index is 2.58. The fourth-order valence-corrected chi connectivity index (χ4v) is 2.39. The van der Waals surface area contributed by atoms with Crippen molar-refractivity contribution >= 4 is 11.4 Å². The van der Waals surface area contributed by atoms with Crippen LogP contribution in [0.25, 0.3) is 16.8 Å². The van der Waals surface area contributed by atoms with Gasteiger partial charge in [0.15, 0.2) is 0 Å². The van der Waals surface area contributed by atoms with Crippen molar-refractivity contribution in [3.63, 3.8) is 0 Å². The number of ether oxygens (including phenoxy) is 1. The number of nitrogens with zero attached hydrogens (tertiary/aromatic N) is 2. The van der Waals surface area contributed by atoms with E-state index in [1.807, 2.05) is 43.3 Å². The molecule has 0 spiro atoms. The van der Waals surface area contributed by atoms with E-state index in [2.05, 4.69) is 0 Å². The number of benzene rings is 2. The zero-order chi connectivity index (χ0) is 17.0. The highest BCUT2D eigenvalue weighted by atomic mass is 16.6. The Hall–Kier alpha value is -2.86. The Morgan fingerprint density at radius 3 is 2.35 bits per heavy atom. The molecule has 6 heteroatoms. The van der Waals surface area contributed by atoms with E-state index in [-0.39, 0.29) is 5.69 Å². The van der Waals surface area contributed by atoms with Crippen molar-refractivity contribution in [2.24, 2.45) is 5.84 Å². The van der Waals surface area contributed by atoms with Crippen molar-refractivity contribution in [1.82, 2.24) is 5.01 Å². The number of non-ortho nitro benzene ring substituents is 1. The van der Waals surface area contributed by atoms with E-state index in [1.54, 1.807) is 20.2 Å². The Morgan fingerprint density at radius 2 is 1.87 bits per heavy atom.